The Labute approximate surface area is 96.7 Å². The second-order valence-corrected chi connectivity index (χ2v) is 3.67. The van der Waals surface area contributed by atoms with Gasteiger partial charge in [-0.1, -0.05) is 19.1 Å². The number of methoxy groups -OCH3 is 1. The highest BCUT2D eigenvalue weighted by Gasteiger charge is 2.16. The lowest BCUT2D eigenvalue weighted by Gasteiger charge is -2.07. The van der Waals surface area contributed by atoms with E-state index in [4.69, 9.17) is 4.74 Å². The molecule has 0 aliphatic rings. The molecule has 0 unspecified atom stereocenters. The van der Waals surface area contributed by atoms with Gasteiger partial charge in [0.25, 0.3) is 0 Å². The van der Waals surface area contributed by atoms with E-state index in [1.807, 2.05) is 36.6 Å². The molecule has 0 fully saturated rings. The molecule has 3 heteroatoms. The number of hydrogen-bond donors (Lipinski definition) is 0. The average molecular weight is 221 g/mol. The normalized spacial score (nSPS) is 11.0. The summed E-state index contributed by atoms with van der Waals surface area (Å²) in [6, 6.07) is 1.92. The van der Waals surface area contributed by atoms with Crippen molar-refractivity contribution >= 4 is 5.97 Å². The van der Waals surface area contributed by atoms with Crippen LogP contribution in [0.4, 0.5) is 0 Å². The van der Waals surface area contributed by atoms with Gasteiger partial charge in [0.05, 0.1) is 7.11 Å². The molecule has 0 aliphatic carbocycles. The Bertz CT molecular complexity index is 402. The molecule has 0 saturated carbocycles. The highest BCUT2D eigenvalue weighted by atomic mass is 16.5. The zero-order valence-corrected chi connectivity index (χ0v) is 10.4. The molecule has 16 heavy (non-hydrogen) atoms. The minimum Gasteiger partial charge on any atom is -0.464 e. The van der Waals surface area contributed by atoms with E-state index >= 15 is 0 Å². The standard InChI is InChI=1S/C13H19NO2/c1-5-7-8-14-10(3)11(6-2)9-12(14)13(15)16-4/h5,7,9H,6,8H2,1-4H3. The van der Waals surface area contributed by atoms with Gasteiger partial charge in [0.2, 0.25) is 0 Å². The Morgan fingerprint density at radius 3 is 2.75 bits per heavy atom. The van der Waals surface area contributed by atoms with Crippen LogP contribution >= 0.6 is 0 Å². The van der Waals surface area contributed by atoms with E-state index in [0.717, 1.165) is 12.1 Å². The Hall–Kier alpha value is -1.51. The van der Waals surface area contributed by atoms with E-state index in [2.05, 4.69) is 6.92 Å². The summed E-state index contributed by atoms with van der Waals surface area (Å²) >= 11 is 0. The molecule has 1 aromatic rings. The number of rotatable bonds is 4. The van der Waals surface area contributed by atoms with Crippen molar-refractivity contribution in [3.63, 3.8) is 0 Å². The third-order valence-corrected chi connectivity index (χ3v) is 2.77. The molecule has 0 saturated heterocycles. The van der Waals surface area contributed by atoms with Gasteiger partial charge in [-0.25, -0.2) is 4.79 Å². The van der Waals surface area contributed by atoms with E-state index in [9.17, 15) is 4.79 Å². The van der Waals surface area contributed by atoms with Crippen LogP contribution in [0, 0.1) is 6.92 Å². The van der Waals surface area contributed by atoms with E-state index in [1.165, 1.54) is 12.7 Å². The molecule has 1 aromatic heterocycles. The first-order valence-electron chi connectivity index (χ1n) is 5.54. The first kappa shape index (κ1) is 12.6. The number of esters is 1. The quantitative estimate of drug-likeness (QED) is 0.578. The number of aromatic nitrogens is 1. The van der Waals surface area contributed by atoms with Crippen molar-refractivity contribution in [2.75, 3.05) is 7.11 Å². The fraction of sp³-hybridized carbons (Fsp3) is 0.462. The lowest BCUT2D eigenvalue weighted by molar-refractivity contribution is 0.0589. The molecule has 88 valence electrons. The van der Waals surface area contributed by atoms with Gasteiger partial charge in [0, 0.05) is 12.2 Å². The fourth-order valence-electron chi connectivity index (χ4n) is 1.78. The number of ether oxygens (including phenoxy) is 1. The van der Waals surface area contributed by atoms with Crippen molar-refractivity contribution in [2.45, 2.75) is 33.7 Å². The molecular weight excluding hydrogens is 202 g/mol. The van der Waals surface area contributed by atoms with Gasteiger partial charge >= 0.3 is 5.97 Å². The smallest absolute Gasteiger partial charge is 0.354 e. The molecule has 0 radical (unpaired) electrons. The van der Waals surface area contributed by atoms with Crippen LogP contribution in [0.25, 0.3) is 0 Å². The molecule has 1 heterocycles. The molecule has 0 bridgehead atoms. The number of carbonyl (C=O) groups excluding carboxylic acids is 1. The van der Waals surface area contributed by atoms with Gasteiger partial charge in [-0.2, -0.15) is 0 Å². The topological polar surface area (TPSA) is 31.2 Å². The highest BCUT2D eigenvalue weighted by molar-refractivity contribution is 5.88. The van der Waals surface area contributed by atoms with Crippen molar-refractivity contribution in [1.82, 2.24) is 4.57 Å². The van der Waals surface area contributed by atoms with Crippen LogP contribution in [-0.2, 0) is 17.7 Å². The van der Waals surface area contributed by atoms with Crippen molar-refractivity contribution < 1.29 is 9.53 Å². The summed E-state index contributed by atoms with van der Waals surface area (Å²) in [4.78, 5) is 11.6. The van der Waals surface area contributed by atoms with Gasteiger partial charge in [-0.3, -0.25) is 0 Å². The molecule has 0 aromatic carbocycles. The minimum atomic E-state index is -0.271. The minimum absolute atomic E-state index is 0.271. The number of carbonyl (C=O) groups is 1. The maximum atomic E-state index is 11.6. The highest BCUT2D eigenvalue weighted by Crippen LogP contribution is 2.17. The SMILES string of the molecule is CC=CCn1c(C(=O)OC)cc(CC)c1C. The van der Waals surface area contributed by atoms with Crippen LogP contribution in [0.2, 0.25) is 0 Å². The second-order valence-electron chi connectivity index (χ2n) is 3.67. The largest absolute Gasteiger partial charge is 0.464 e. The van der Waals surface area contributed by atoms with Crippen molar-refractivity contribution in [3.05, 3.63) is 35.2 Å². The van der Waals surface area contributed by atoms with E-state index in [-0.39, 0.29) is 5.97 Å². The maximum Gasteiger partial charge on any atom is 0.354 e. The van der Waals surface area contributed by atoms with E-state index < -0.39 is 0 Å². The monoisotopic (exact) mass is 221 g/mol. The molecule has 0 aliphatic heterocycles. The van der Waals surface area contributed by atoms with Crippen LogP contribution in [-0.4, -0.2) is 17.6 Å². The zero-order chi connectivity index (χ0) is 12.1. The van der Waals surface area contributed by atoms with Crippen LogP contribution < -0.4 is 0 Å². The van der Waals surface area contributed by atoms with Gasteiger partial charge in [-0.05, 0) is 31.9 Å². The summed E-state index contributed by atoms with van der Waals surface area (Å²) < 4.78 is 6.78. The Morgan fingerprint density at radius 1 is 1.56 bits per heavy atom. The Kier molecular flexibility index (Phi) is 4.35. The van der Waals surface area contributed by atoms with Gasteiger partial charge < -0.3 is 9.30 Å². The van der Waals surface area contributed by atoms with Crippen molar-refractivity contribution in [3.8, 4) is 0 Å². The molecule has 0 N–H and O–H groups in total. The summed E-state index contributed by atoms with van der Waals surface area (Å²) in [6.45, 7) is 6.81. The predicted molar refractivity (Wildman–Crippen MR) is 64.7 cm³/mol. The van der Waals surface area contributed by atoms with E-state index in [1.54, 1.807) is 0 Å². The Balaban J connectivity index is 3.18. The first-order chi connectivity index (χ1) is 7.65. The number of allylic oxidation sites excluding steroid dienone is 2. The third kappa shape index (κ3) is 2.35. The van der Waals surface area contributed by atoms with E-state index in [0.29, 0.717) is 12.2 Å². The van der Waals surface area contributed by atoms with Gasteiger partial charge in [0.1, 0.15) is 5.69 Å². The molecule has 0 atom stereocenters. The van der Waals surface area contributed by atoms with Gasteiger partial charge in [-0.15, -0.1) is 0 Å². The lowest BCUT2D eigenvalue weighted by atomic mass is 10.2. The Morgan fingerprint density at radius 2 is 2.25 bits per heavy atom. The third-order valence-electron chi connectivity index (χ3n) is 2.77. The summed E-state index contributed by atoms with van der Waals surface area (Å²) in [5.74, 6) is -0.271. The lowest BCUT2D eigenvalue weighted by Crippen LogP contribution is -2.11. The molecule has 1 rings (SSSR count). The molecular formula is C13H19NO2. The van der Waals surface area contributed by atoms with Gasteiger partial charge in [0.15, 0.2) is 0 Å². The van der Waals surface area contributed by atoms with Crippen molar-refractivity contribution in [1.29, 1.82) is 0 Å². The number of hydrogen-bond acceptors (Lipinski definition) is 2. The summed E-state index contributed by atoms with van der Waals surface area (Å²) in [6.07, 6.45) is 4.93. The number of nitrogens with zero attached hydrogens (tertiary/aromatic N) is 1. The first-order valence-corrected chi connectivity index (χ1v) is 5.54. The van der Waals surface area contributed by atoms with Crippen molar-refractivity contribution in [2.24, 2.45) is 0 Å². The average Bonchev–Trinajstić information content (AvgIpc) is 2.62. The van der Waals surface area contributed by atoms with Crippen LogP contribution in [0.3, 0.4) is 0 Å². The summed E-state index contributed by atoms with van der Waals surface area (Å²) in [5.41, 5.74) is 2.97. The maximum absolute atomic E-state index is 11.6. The summed E-state index contributed by atoms with van der Waals surface area (Å²) in [7, 11) is 1.41. The van der Waals surface area contributed by atoms with Crippen LogP contribution in [0.15, 0.2) is 18.2 Å². The fourth-order valence-corrected chi connectivity index (χ4v) is 1.78. The second kappa shape index (κ2) is 5.54. The van der Waals surface area contributed by atoms with Crippen LogP contribution in [0.1, 0.15) is 35.6 Å². The zero-order valence-electron chi connectivity index (χ0n) is 10.4. The predicted octanol–water partition coefficient (Wildman–Crippen LogP) is 2.72. The molecule has 0 amide bonds. The molecule has 3 nitrogen and oxygen atoms in total. The molecule has 0 spiro atoms. The summed E-state index contributed by atoms with van der Waals surface area (Å²) in [5, 5.41) is 0. The number of aryl methyl sites for hydroxylation is 1. The van der Waals surface area contributed by atoms with Crippen LogP contribution in [0.5, 0.6) is 0 Å².